The monoisotopic (exact) mass is 455 g/mol. The third-order valence-corrected chi connectivity index (χ3v) is 6.33. The van der Waals surface area contributed by atoms with Crippen molar-refractivity contribution in [3.8, 4) is 0 Å². The van der Waals surface area contributed by atoms with Crippen LogP contribution in [-0.4, -0.2) is 61.6 Å². The zero-order chi connectivity index (χ0) is 23.4. The first kappa shape index (κ1) is 24.9. The quantitative estimate of drug-likeness (QED) is 0.381. The molecule has 2 amide bonds. The van der Waals surface area contributed by atoms with E-state index in [1.807, 2.05) is 6.92 Å². The summed E-state index contributed by atoms with van der Waals surface area (Å²) in [6, 6.07) is 5.84. The molecule has 31 heavy (non-hydrogen) atoms. The molecule has 2 unspecified atom stereocenters. The minimum Gasteiger partial charge on any atom is -0.435 e. The average Bonchev–Trinajstić information content (AvgIpc) is 2.98. The van der Waals surface area contributed by atoms with Crippen LogP contribution in [0.5, 0.6) is 0 Å². The number of nitrogens with zero attached hydrogens (tertiary/aromatic N) is 3. The summed E-state index contributed by atoms with van der Waals surface area (Å²) in [6.45, 7) is 9.05. The number of sulfonamides is 1. The van der Waals surface area contributed by atoms with Gasteiger partial charge in [0.1, 0.15) is 24.9 Å². The lowest BCUT2D eigenvalue weighted by Crippen LogP contribution is -2.60. The third kappa shape index (κ3) is 6.08. The number of quaternary nitrogens is 1. The molecule has 2 N–H and O–H groups in total. The molecule has 1 aromatic carbocycles. The van der Waals surface area contributed by atoms with Crippen molar-refractivity contribution < 1.29 is 32.3 Å². The molecule has 0 bridgehead atoms. The number of amides is 2. The summed E-state index contributed by atoms with van der Waals surface area (Å²) in [5.74, 6) is -0.123. The van der Waals surface area contributed by atoms with Crippen molar-refractivity contribution in [3.05, 3.63) is 29.8 Å². The van der Waals surface area contributed by atoms with E-state index in [2.05, 4.69) is 15.0 Å². The zero-order valence-corrected chi connectivity index (χ0v) is 19.3. The van der Waals surface area contributed by atoms with Crippen molar-refractivity contribution in [1.82, 2.24) is 5.32 Å². The van der Waals surface area contributed by atoms with E-state index in [9.17, 15) is 23.1 Å². The molecular weight excluding hydrogens is 424 g/mol. The zero-order valence-electron chi connectivity index (χ0n) is 18.5. The molecule has 11 heteroatoms. The Morgan fingerprint density at radius 1 is 1.26 bits per heavy atom. The molecule has 0 aliphatic carbocycles. The molecule has 1 aliphatic heterocycles. The normalized spacial score (nSPS) is 24.4. The first-order valence-electron chi connectivity index (χ1n) is 10.0. The highest BCUT2D eigenvalue weighted by Crippen LogP contribution is 2.33. The summed E-state index contributed by atoms with van der Waals surface area (Å²) in [4.78, 5) is 24.7. The van der Waals surface area contributed by atoms with Crippen LogP contribution in [0.25, 0.3) is 0 Å². The van der Waals surface area contributed by atoms with Crippen molar-refractivity contribution in [2.75, 3.05) is 19.8 Å². The van der Waals surface area contributed by atoms with Crippen LogP contribution >= 0.6 is 0 Å². The minimum atomic E-state index is -3.87. The van der Waals surface area contributed by atoms with Gasteiger partial charge in [0.2, 0.25) is 0 Å². The van der Waals surface area contributed by atoms with Crippen molar-refractivity contribution in [3.63, 3.8) is 0 Å². The Morgan fingerprint density at radius 3 is 2.42 bits per heavy atom. The molecule has 1 saturated heterocycles. The van der Waals surface area contributed by atoms with E-state index in [0.29, 0.717) is 13.0 Å². The predicted molar refractivity (Wildman–Crippen MR) is 113 cm³/mol. The van der Waals surface area contributed by atoms with E-state index in [0.717, 1.165) is 5.56 Å². The molecule has 1 aliphatic rings. The summed E-state index contributed by atoms with van der Waals surface area (Å²) in [5.41, 5.74) is 0.141. The van der Waals surface area contributed by atoms with Gasteiger partial charge in [-0.1, -0.05) is 22.2 Å². The number of imide groups is 1. The first-order valence-corrected chi connectivity index (χ1v) is 11.5. The van der Waals surface area contributed by atoms with Gasteiger partial charge in [0.05, 0.1) is 4.90 Å². The van der Waals surface area contributed by atoms with Crippen LogP contribution in [0.15, 0.2) is 38.8 Å². The molecule has 2 rings (SSSR count). The van der Waals surface area contributed by atoms with Crippen LogP contribution in [0.1, 0.15) is 39.7 Å². The predicted octanol–water partition coefficient (Wildman–Crippen LogP) is 3.52. The number of aryl methyl sites for hydroxylation is 1. The van der Waals surface area contributed by atoms with Gasteiger partial charge in [-0.05, 0) is 46.8 Å². The molecule has 3 atom stereocenters. The van der Waals surface area contributed by atoms with Gasteiger partial charge in [-0.3, -0.25) is 5.32 Å². The third-order valence-electron chi connectivity index (χ3n) is 5.13. The van der Waals surface area contributed by atoms with Crippen LogP contribution in [0.4, 0.5) is 9.59 Å². The van der Waals surface area contributed by atoms with Crippen molar-refractivity contribution in [2.24, 2.45) is 15.6 Å². The van der Waals surface area contributed by atoms with Gasteiger partial charge >= 0.3 is 12.2 Å². The van der Waals surface area contributed by atoms with Crippen molar-refractivity contribution in [2.45, 2.75) is 57.6 Å². The van der Waals surface area contributed by atoms with Crippen molar-refractivity contribution in [1.29, 1.82) is 0 Å². The lowest BCUT2D eigenvalue weighted by Gasteiger charge is -2.31. The fourth-order valence-electron chi connectivity index (χ4n) is 3.60. The maximum absolute atomic E-state index is 12.7. The van der Waals surface area contributed by atoms with Crippen LogP contribution < -0.4 is 5.32 Å². The second kappa shape index (κ2) is 9.41. The molecule has 1 fully saturated rings. The summed E-state index contributed by atoms with van der Waals surface area (Å²) in [7, 11) is -3.87. The SMILES string of the molecule is Cc1ccc(S(=O)(=O)N=NCNC[C@@H]2CC(C)[N+](C(=O)O)(C(=O)OC(C)(C)C)C2)cc1. The summed E-state index contributed by atoms with van der Waals surface area (Å²) in [5, 5.41) is 16.4. The minimum absolute atomic E-state index is 0.0461. The summed E-state index contributed by atoms with van der Waals surface area (Å²) in [6.07, 6.45) is -1.52. The van der Waals surface area contributed by atoms with Gasteiger partial charge in [-0.25, -0.2) is 0 Å². The Labute approximate surface area is 182 Å². The number of rotatable bonds is 6. The van der Waals surface area contributed by atoms with Crippen LogP contribution in [0.2, 0.25) is 0 Å². The second-order valence-electron chi connectivity index (χ2n) is 8.89. The number of likely N-dealkylation sites (tertiary alicyclic amines) is 1. The lowest BCUT2D eigenvalue weighted by atomic mass is 10.1. The molecule has 1 heterocycles. The lowest BCUT2D eigenvalue weighted by molar-refractivity contribution is -0.797. The van der Waals surface area contributed by atoms with Gasteiger partial charge in [0, 0.05) is 18.9 Å². The number of nitrogens with one attached hydrogen (secondary N) is 1. The maximum Gasteiger partial charge on any atom is 0.527 e. The van der Waals surface area contributed by atoms with Crippen LogP contribution in [0, 0.1) is 12.8 Å². The Hall–Kier alpha value is -2.37. The number of carbonyl (C=O) groups is 2. The van der Waals surface area contributed by atoms with E-state index in [1.165, 1.54) is 12.1 Å². The number of carboxylic acid groups (broad SMARTS) is 1. The largest absolute Gasteiger partial charge is 0.527 e. The number of benzene rings is 1. The highest BCUT2D eigenvalue weighted by atomic mass is 32.2. The van der Waals surface area contributed by atoms with Gasteiger partial charge < -0.3 is 9.84 Å². The van der Waals surface area contributed by atoms with Gasteiger partial charge in [0.25, 0.3) is 10.0 Å². The maximum atomic E-state index is 12.7. The molecular formula is C20H31N4O6S+. The van der Waals surface area contributed by atoms with E-state index < -0.39 is 38.3 Å². The standard InChI is InChI=1S/C20H30N4O6S/c1-14-6-8-17(9-7-14)31(28,29)23-22-13-21-11-16-10-15(2)24(12-16,18(25)26)19(27)30-20(3,4)5/h6-9,15-16,21H,10-13H2,1-5H3/p+1/t15?,16-,24?/m0/s1. The summed E-state index contributed by atoms with van der Waals surface area (Å²) < 4.78 is 32.3. The number of hydrogen-bond donors (Lipinski definition) is 2. The fourth-order valence-corrected chi connectivity index (χ4v) is 4.38. The van der Waals surface area contributed by atoms with E-state index in [1.54, 1.807) is 39.8 Å². The Bertz CT molecular complexity index is 939. The molecule has 10 nitrogen and oxygen atoms in total. The van der Waals surface area contributed by atoms with Crippen molar-refractivity contribution >= 4 is 22.2 Å². The number of hydrogen-bond acceptors (Lipinski definition) is 7. The van der Waals surface area contributed by atoms with Gasteiger partial charge in [-0.2, -0.15) is 23.1 Å². The van der Waals surface area contributed by atoms with E-state index in [4.69, 9.17) is 4.74 Å². The van der Waals surface area contributed by atoms with Crippen LogP contribution in [0.3, 0.4) is 0 Å². The average molecular weight is 456 g/mol. The van der Waals surface area contributed by atoms with Gasteiger partial charge in [-0.15, -0.1) is 4.48 Å². The topological polar surface area (TPSA) is 134 Å². The molecule has 172 valence electrons. The summed E-state index contributed by atoms with van der Waals surface area (Å²) >= 11 is 0. The highest BCUT2D eigenvalue weighted by Gasteiger charge is 2.58. The Kier molecular flexibility index (Phi) is 7.56. The first-order chi connectivity index (χ1) is 14.3. The molecule has 0 aromatic heterocycles. The number of ether oxygens (including phenoxy) is 1. The number of carbonyl (C=O) groups excluding carboxylic acids is 1. The molecule has 0 spiro atoms. The van der Waals surface area contributed by atoms with Gasteiger partial charge in [0.15, 0.2) is 0 Å². The Balaban J connectivity index is 1.95. The fraction of sp³-hybridized carbons (Fsp3) is 0.600. The molecule has 0 radical (unpaired) electrons. The second-order valence-corrected chi connectivity index (χ2v) is 10.5. The smallest absolute Gasteiger partial charge is 0.435 e. The van der Waals surface area contributed by atoms with E-state index in [-0.39, 0.29) is 24.0 Å². The molecule has 1 aromatic rings. The highest BCUT2D eigenvalue weighted by molar-refractivity contribution is 7.90. The molecule has 0 saturated carbocycles. The van der Waals surface area contributed by atoms with Crippen LogP contribution in [-0.2, 0) is 14.8 Å². The van der Waals surface area contributed by atoms with E-state index >= 15 is 0 Å². The Morgan fingerprint density at radius 2 is 1.87 bits per heavy atom.